The van der Waals surface area contributed by atoms with E-state index in [2.05, 4.69) is 5.32 Å². The van der Waals surface area contributed by atoms with Gasteiger partial charge in [-0.1, -0.05) is 6.42 Å². The first-order chi connectivity index (χ1) is 9.60. The van der Waals surface area contributed by atoms with E-state index >= 15 is 0 Å². The van der Waals surface area contributed by atoms with Crippen LogP contribution in [0.1, 0.15) is 24.8 Å². The second kappa shape index (κ2) is 6.79. The van der Waals surface area contributed by atoms with E-state index < -0.39 is 11.6 Å². The van der Waals surface area contributed by atoms with E-state index in [1.165, 1.54) is 12.1 Å². The number of nitrogens with two attached hydrogens (primary N) is 1. The standard InChI is InChI=1S/C15H20F2N2O/c16-12-6-10(7-13(17)8-12)4-5-19-15(20)14-3-1-2-11(14)9-18/h6-8,11,14H,1-5,9,18H2,(H,19,20). The van der Waals surface area contributed by atoms with Crippen LogP contribution in [0.2, 0.25) is 0 Å². The minimum atomic E-state index is -0.592. The lowest BCUT2D eigenvalue weighted by Crippen LogP contribution is -2.36. The number of halogens is 2. The lowest BCUT2D eigenvalue weighted by Gasteiger charge is -2.17. The molecule has 0 saturated heterocycles. The lowest BCUT2D eigenvalue weighted by molar-refractivity contribution is -0.125. The highest BCUT2D eigenvalue weighted by Gasteiger charge is 2.31. The van der Waals surface area contributed by atoms with E-state index in [0.29, 0.717) is 25.1 Å². The van der Waals surface area contributed by atoms with Crippen LogP contribution >= 0.6 is 0 Å². The molecule has 1 aliphatic rings. The number of nitrogens with one attached hydrogen (secondary N) is 1. The van der Waals surface area contributed by atoms with Gasteiger partial charge in [0.25, 0.3) is 0 Å². The predicted octanol–water partition coefficient (Wildman–Crippen LogP) is 2.00. The quantitative estimate of drug-likeness (QED) is 0.868. The van der Waals surface area contributed by atoms with E-state index in [0.717, 1.165) is 25.3 Å². The molecule has 1 aliphatic carbocycles. The molecule has 3 nitrogen and oxygen atoms in total. The average Bonchev–Trinajstić information content (AvgIpc) is 2.85. The zero-order valence-corrected chi connectivity index (χ0v) is 11.4. The van der Waals surface area contributed by atoms with E-state index in [4.69, 9.17) is 5.73 Å². The van der Waals surface area contributed by atoms with Gasteiger partial charge in [0.2, 0.25) is 5.91 Å². The van der Waals surface area contributed by atoms with Crippen LogP contribution in [0.5, 0.6) is 0 Å². The van der Waals surface area contributed by atoms with Crippen LogP contribution in [0.15, 0.2) is 18.2 Å². The normalized spacial score (nSPS) is 21.9. The molecule has 110 valence electrons. The summed E-state index contributed by atoms with van der Waals surface area (Å²) in [5.41, 5.74) is 6.20. The van der Waals surface area contributed by atoms with Crippen molar-refractivity contribution in [3.8, 4) is 0 Å². The lowest BCUT2D eigenvalue weighted by atomic mass is 9.95. The minimum absolute atomic E-state index is 0.00910. The third kappa shape index (κ3) is 3.76. The Bertz CT molecular complexity index is 459. The van der Waals surface area contributed by atoms with Crippen molar-refractivity contribution < 1.29 is 13.6 Å². The number of carbonyl (C=O) groups excluding carboxylic acids is 1. The Labute approximate surface area is 117 Å². The largest absolute Gasteiger partial charge is 0.356 e. The Kier molecular flexibility index (Phi) is 5.06. The molecule has 2 atom stereocenters. The zero-order chi connectivity index (χ0) is 14.5. The summed E-state index contributed by atoms with van der Waals surface area (Å²) in [6.07, 6.45) is 3.33. The number of benzene rings is 1. The van der Waals surface area contributed by atoms with Crippen molar-refractivity contribution in [3.05, 3.63) is 35.4 Å². The Morgan fingerprint density at radius 2 is 1.95 bits per heavy atom. The molecule has 2 unspecified atom stereocenters. The Morgan fingerprint density at radius 3 is 2.60 bits per heavy atom. The summed E-state index contributed by atoms with van der Waals surface area (Å²) in [5.74, 6) is -0.920. The van der Waals surface area contributed by atoms with Crippen molar-refractivity contribution in [1.29, 1.82) is 0 Å². The van der Waals surface area contributed by atoms with Crippen LogP contribution in [-0.2, 0) is 11.2 Å². The van der Waals surface area contributed by atoms with Gasteiger partial charge in [-0.05, 0) is 49.4 Å². The third-order valence-electron chi connectivity index (χ3n) is 3.93. The monoisotopic (exact) mass is 282 g/mol. The molecule has 3 N–H and O–H groups in total. The summed E-state index contributed by atoms with van der Waals surface area (Å²) in [4.78, 5) is 12.0. The first-order valence-corrected chi connectivity index (χ1v) is 7.03. The maximum absolute atomic E-state index is 13.0. The second-order valence-electron chi connectivity index (χ2n) is 5.35. The predicted molar refractivity (Wildman–Crippen MR) is 73.0 cm³/mol. The van der Waals surface area contributed by atoms with Crippen LogP contribution in [-0.4, -0.2) is 19.0 Å². The van der Waals surface area contributed by atoms with Gasteiger partial charge in [0.05, 0.1) is 0 Å². The molecule has 1 aromatic carbocycles. The van der Waals surface area contributed by atoms with Gasteiger partial charge in [-0.15, -0.1) is 0 Å². The molecule has 1 saturated carbocycles. The number of rotatable bonds is 5. The van der Waals surface area contributed by atoms with Crippen LogP contribution in [0.4, 0.5) is 8.78 Å². The van der Waals surface area contributed by atoms with Crippen molar-refractivity contribution in [3.63, 3.8) is 0 Å². The molecule has 0 bridgehead atoms. The van der Waals surface area contributed by atoms with Gasteiger partial charge in [0.1, 0.15) is 11.6 Å². The van der Waals surface area contributed by atoms with Gasteiger partial charge in [0, 0.05) is 18.5 Å². The zero-order valence-electron chi connectivity index (χ0n) is 11.4. The van der Waals surface area contributed by atoms with Gasteiger partial charge < -0.3 is 11.1 Å². The molecule has 2 rings (SSSR count). The van der Waals surface area contributed by atoms with Gasteiger partial charge in [-0.3, -0.25) is 4.79 Å². The number of amides is 1. The molecule has 20 heavy (non-hydrogen) atoms. The van der Waals surface area contributed by atoms with Crippen molar-refractivity contribution in [1.82, 2.24) is 5.32 Å². The van der Waals surface area contributed by atoms with Crippen molar-refractivity contribution in [2.24, 2.45) is 17.6 Å². The summed E-state index contributed by atoms with van der Waals surface area (Å²) < 4.78 is 26.0. The topological polar surface area (TPSA) is 55.1 Å². The van der Waals surface area contributed by atoms with Crippen molar-refractivity contribution in [2.45, 2.75) is 25.7 Å². The van der Waals surface area contributed by atoms with Crippen LogP contribution < -0.4 is 11.1 Å². The highest BCUT2D eigenvalue weighted by Crippen LogP contribution is 2.30. The Balaban J connectivity index is 1.82. The Morgan fingerprint density at radius 1 is 1.25 bits per heavy atom. The van der Waals surface area contributed by atoms with Crippen molar-refractivity contribution in [2.75, 3.05) is 13.1 Å². The molecule has 0 aromatic heterocycles. The average molecular weight is 282 g/mol. The second-order valence-corrected chi connectivity index (χ2v) is 5.35. The molecule has 0 heterocycles. The SMILES string of the molecule is NCC1CCCC1C(=O)NCCc1cc(F)cc(F)c1. The highest BCUT2D eigenvalue weighted by molar-refractivity contribution is 5.79. The smallest absolute Gasteiger partial charge is 0.223 e. The summed E-state index contributed by atoms with van der Waals surface area (Å²) in [5, 5.41) is 2.84. The third-order valence-corrected chi connectivity index (χ3v) is 3.93. The van der Waals surface area contributed by atoms with E-state index in [1.54, 1.807) is 0 Å². The number of hydrogen-bond acceptors (Lipinski definition) is 2. The van der Waals surface area contributed by atoms with E-state index in [9.17, 15) is 13.6 Å². The molecular formula is C15H20F2N2O. The summed E-state index contributed by atoms with van der Waals surface area (Å²) in [7, 11) is 0. The first-order valence-electron chi connectivity index (χ1n) is 7.03. The minimum Gasteiger partial charge on any atom is -0.356 e. The van der Waals surface area contributed by atoms with Crippen molar-refractivity contribution >= 4 is 5.91 Å². The number of hydrogen-bond donors (Lipinski definition) is 2. The van der Waals surface area contributed by atoms with E-state index in [-0.39, 0.29) is 17.7 Å². The maximum Gasteiger partial charge on any atom is 0.223 e. The molecule has 1 amide bonds. The number of carbonyl (C=O) groups is 1. The van der Waals surface area contributed by atoms with E-state index in [1.807, 2.05) is 0 Å². The summed E-state index contributed by atoms with van der Waals surface area (Å²) in [6.45, 7) is 0.919. The van der Waals surface area contributed by atoms with Crippen LogP contribution in [0.3, 0.4) is 0 Å². The van der Waals surface area contributed by atoms with Gasteiger partial charge >= 0.3 is 0 Å². The Hall–Kier alpha value is -1.49. The van der Waals surface area contributed by atoms with Gasteiger partial charge in [-0.2, -0.15) is 0 Å². The highest BCUT2D eigenvalue weighted by atomic mass is 19.1. The van der Waals surface area contributed by atoms with Gasteiger partial charge in [0.15, 0.2) is 0 Å². The molecule has 0 spiro atoms. The summed E-state index contributed by atoms with van der Waals surface area (Å²) >= 11 is 0. The molecule has 0 aliphatic heterocycles. The fourth-order valence-electron chi connectivity index (χ4n) is 2.88. The molecule has 0 radical (unpaired) electrons. The molecule has 5 heteroatoms. The summed E-state index contributed by atoms with van der Waals surface area (Å²) in [6, 6.07) is 3.41. The molecule has 1 fully saturated rings. The first kappa shape index (κ1) is 14.9. The molecule has 1 aromatic rings. The maximum atomic E-state index is 13.0. The molecular weight excluding hydrogens is 262 g/mol. The van der Waals surface area contributed by atoms with Crippen LogP contribution in [0, 0.1) is 23.5 Å². The fourth-order valence-corrected chi connectivity index (χ4v) is 2.88. The fraction of sp³-hybridized carbons (Fsp3) is 0.533. The van der Waals surface area contributed by atoms with Crippen LogP contribution in [0.25, 0.3) is 0 Å². The van der Waals surface area contributed by atoms with Gasteiger partial charge in [-0.25, -0.2) is 8.78 Å².